The molecule has 6 nitrogen and oxygen atoms in total. The van der Waals surface area contributed by atoms with Gasteiger partial charge in [-0.05, 0) is 38.5 Å². The second kappa shape index (κ2) is 4.41. The fraction of sp³-hybridized carbons (Fsp3) is 0. The highest BCUT2D eigenvalue weighted by Gasteiger charge is 2.07. The second-order valence-electron chi connectivity index (χ2n) is 2.61. The molecule has 0 fully saturated rings. The summed E-state index contributed by atoms with van der Waals surface area (Å²) in [7, 11) is 0. The summed E-state index contributed by atoms with van der Waals surface area (Å²) in [5, 5.41) is 4.14. The highest BCUT2D eigenvalue weighted by molar-refractivity contribution is 14.1. The van der Waals surface area contributed by atoms with Crippen LogP contribution in [0.1, 0.15) is 0 Å². The Balaban J connectivity index is 2.51. The Morgan fingerprint density at radius 1 is 1.47 bits per heavy atom. The maximum atomic E-state index is 5.23. The monoisotopic (exact) mass is 380 g/mol. The molecule has 2 rings (SSSR count). The number of hydrogen-bond acceptors (Lipinski definition) is 5. The van der Waals surface area contributed by atoms with E-state index in [4.69, 9.17) is 5.84 Å². The van der Waals surface area contributed by atoms with Crippen molar-refractivity contribution in [2.24, 2.45) is 5.84 Å². The SMILES string of the molecule is NNc1ncc(Br)c(-n2cc(I)cn2)n1. The van der Waals surface area contributed by atoms with Crippen molar-refractivity contribution in [3.8, 4) is 5.82 Å². The fourth-order valence-electron chi connectivity index (χ4n) is 1.01. The third kappa shape index (κ3) is 2.26. The normalized spacial score (nSPS) is 10.3. The van der Waals surface area contributed by atoms with Crippen LogP contribution in [-0.2, 0) is 0 Å². The minimum atomic E-state index is 0.346. The molecule has 8 heteroatoms. The Morgan fingerprint density at radius 3 is 2.87 bits per heavy atom. The van der Waals surface area contributed by atoms with Crippen LogP contribution in [0.4, 0.5) is 5.95 Å². The lowest BCUT2D eigenvalue weighted by molar-refractivity contribution is 0.833. The van der Waals surface area contributed by atoms with Gasteiger partial charge in [-0.1, -0.05) is 0 Å². The second-order valence-corrected chi connectivity index (χ2v) is 4.71. The van der Waals surface area contributed by atoms with Crippen LogP contribution < -0.4 is 11.3 Å². The van der Waals surface area contributed by atoms with E-state index in [-0.39, 0.29) is 0 Å². The lowest BCUT2D eigenvalue weighted by atomic mass is 10.6. The van der Waals surface area contributed by atoms with Gasteiger partial charge >= 0.3 is 0 Å². The van der Waals surface area contributed by atoms with Crippen LogP contribution >= 0.6 is 38.5 Å². The van der Waals surface area contributed by atoms with Crippen LogP contribution in [0.15, 0.2) is 23.1 Å². The van der Waals surface area contributed by atoms with Gasteiger partial charge in [0.2, 0.25) is 5.95 Å². The number of aromatic nitrogens is 4. The Bertz CT molecular complexity index is 484. The van der Waals surface area contributed by atoms with Gasteiger partial charge in [0.1, 0.15) is 0 Å². The molecule has 0 atom stereocenters. The van der Waals surface area contributed by atoms with Gasteiger partial charge in [0.25, 0.3) is 0 Å². The molecule has 0 saturated carbocycles. The van der Waals surface area contributed by atoms with Crippen LogP contribution in [0, 0.1) is 3.57 Å². The highest BCUT2D eigenvalue weighted by Crippen LogP contribution is 2.19. The number of hydrogen-bond donors (Lipinski definition) is 2. The van der Waals surface area contributed by atoms with Gasteiger partial charge < -0.3 is 0 Å². The molecule has 0 spiro atoms. The van der Waals surface area contributed by atoms with Crippen LogP contribution in [-0.4, -0.2) is 19.7 Å². The molecule has 15 heavy (non-hydrogen) atoms. The average Bonchev–Trinajstić information content (AvgIpc) is 2.65. The summed E-state index contributed by atoms with van der Waals surface area (Å²) in [4.78, 5) is 8.13. The molecule has 0 aliphatic rings. The Kier molecular flexibility index (Phi) is 3.17. The third-order valence-electron chi connectivity index (χ3n) is 1.62. The van der Waals surface area contributed by atoms with Crippen molar-refractivity contribution in [2.75, 3.05) is 5.43 Å². The quantitative estimate of drug-likeness (QED) is 0.466. The van der Waals surface area contributed by atoms with Crippen LogP contribution in [0.25, 0.3) is 5.82 Å². The highest BCUT2D eigenvalue weighted by atomic mass is 127. The average molecular weight is 381 g/mol. The molecule has 0 bridgehead atoms. The number of halogens is 2. The van der Waals surface area contributed by atoms with Crippen molar-refractivity contribution in [2.45, 2.75) is 0 Å². The van der Waals surface area contributed by atoms with Gasteiger partial charge in [0.05, 0.1) is 14.2 Å². The predicted octanol–water partition coefficient (Wildman–Crippen LogP) is 1.31. The summed E-state index contributed by atoms with van der Waals surface area (Å²) in [5.41, 5.74) is 2.39. The molecular weight excluding hydrogens is 375 g/mol. The molecule has 2 heterocycles. The molecule has 3 N–H and O–H groups in total. The zero-order valence-corrected chi connectivity index (χ0v) is 11.1. The van der Waals surface area contributed by atoms with Gasteiger partial charge in [-0.25, -0.2) is 15.5 Å². The Hall–Kier alpha value is -0.740. The summed E-state index contributed by atoms with van der Waals surface area (Å²) in [6.07, 6.45) is 5.21. The number of nitrogens with two attached hydrogens (primary N) is 1. The lowest BCUT2D eigenvalue weighted by Gasteiger charge is -2.04. The number of anilines is 1. The van der Waals surface area contributed by atoms with Gasteiger partial charge in [-0.3, -0.25) is 5.43 Å². The van der Waals surface area contributed by atoms with Crippen molar-refractivity contribution in [1.82, 2.24) is 19.7 Å². The zero-order valence-electron chi connectivity index (χ0n) is 7.35. The van der Waals surface area contributed by atoms with Gasteiger partial charge in [0, 0.05) is 12.4 Å². The van der Waals surface area contributed by atoms with Crippen LogP contribution in [0.3, 0.4) is 0 Å². The summed E-state index contributed by atoms with van der Waals surface area (Å²) in [6, 6.07) is 0. The lowest BCUT2D eigenvalue weighted by Crippen LogP contribution is -2.12. The first kappa shape index (κ1) is 10.8. The molecule has 2 aromatic heterocycles. The summed E-state index contributed by atoms with van der Waals surface area (Å²) in [6.45, 7) is 0. The molecule has 0 aromatic carbocycles. The number of nitrogens with zero attached hydrogens (tertiary/aromatic N) is 4. The van der Waals surface area contributed by atoms with Crippen molar-refractivity contribution in [3.05, 3.63) is 26.6 Å². The van der Waals surface area contributed by atoms with Gasteiger partial charge in [-0.15, -0.1) is 0 Å². The van der Waals surface area contributed by atoms with Gasteiger partial charge in [-0.2, -0.15) is 10.1 Å². The molecule has 0 aliphatic heterocycles. The van der Waals surface area contributed by atoms with Crippen LogP contribution in [0.2, 0.25) is 0 Å². The van der Waals surface area contributed by atoms with Crippen molar-refractivity contribution in [3.63, 3.8) is 0 Å². The van der Waals surface area contributed by atoms with E-state index in [9.17, 15) is 0 Å². The fourth-order valence-corrected chi connectivity index (χ4v) is 1.77. The Morgan fingerprint density at radius 2 is 2.27 bits per heavy atom. The van der Waals surface area contributed by atoms with E-state index >= 15 is 0 Å². The molecule has 0 saturated heterocycles. The first-order chi connectivity index (χ1) is 7.20. The van der Waals surface area contributed by atoms with E-state index in [0.29, 0.717) is 11.8 Å². The van der Waals surface area contributed by atoms with Gasteiger partial charge in [0.15, 0.2) is 5.82 Å². The molecule has 2 aromatic rings. The zero-order chi connectivity index (χ0) is 10.8. The molecule has 0 amide bonds. The van der Waals surface area contributed by atoms with E-state index in [1.54, 1.807) is 17.1 Å². The maximum Gasteiger partial charge on any atom is 0.239 e. The standard InChI is InChI=1S/C7H6BrIN6/c8-5-2-11-7(14-10)13-6(5)15-3-4(9)1-12-15/h1-3H,10H2,(H,11,13,14). The number of hydrazine groups is 1. The van der Waals surface area contributed by atoms with Crippen LogP contribution in [0.5, 0.6) is 0 Å². The molecule has 0 aliphatic carbocycles. The van der Waals surface area contributed by atoms with Crippen molar-refractivity contribution in [1.29, 1.82) is 0 Å². The van der Waals surface area contributed by atoms with E-state index in [1.165, 1.54) is 0 Å². The summed E-state index contributed by atoms with van der Waals surface area (Å²) in [5.74, 6) is 6.22. The minimum absolute atomic E-state index is 0.346. The number of rotatable bonds is 2. The third-order valence-corrected chi connectivity index (χ3v) is 2.74. The van der Waals surface area contributed by atoms with Crippen molar-refractivity contribution >= 4 is 44.5 Å². The number of nitrogens with one attached hydrogen (secondary N) is 1. The maximum absolute atomic E-state index is 5.23. The van der Waals surface area contributed by atoms with E-state index in [0.717, 1.165) is 8.04 Å². The first-order valence-corrected chi connectivity index (χ1v) is 5.77. The number of nitrogen functional groups attached to an aromatic ring is 1. The first-order valence-electron chi connectivity index (χ1n) is 3.90. The molecular formula is C7H6BrIN6. The summed E-state index contributed by atoms with van der Waals surface area (Å²) >= 11 is 5.52. The largest absolute Gasteiger partial charge is 0.292 e. The van der Waals surface area contributed by atoms with E-state index < -0.39 is 0 Å². The Labute approximate surface area is 108 Å². The predicted molar refractivity (Wildman–Crippen MR) is 67.4 cm³/mol. The van der Waals surface area contributed by atoms with Crippen molar-refractivity contribution < 1.29 is 0 Å². The molecule has 0 radical (unpaired) electrons. The molecule has 78 valence electrons. The minimum Gasteiger partial charge on any atom is -0.292 e. The van der Waals surface area contributed by atoms with E-state index in [2.05, 4.69) is 59.0 Å². The molecule has 0 unspecified atom stereocenters. The smallest absolute Gasteiger partial charge is 0.239 e. The topological polar surface area (TPSA) is 81.6 Å². The van der Waals surface area contributed by atoms with E-state index in [1.807, 2.05) is 6.20 Å². The summed E-state index contributed by atoms with van der Waals surface area (Å²) < 4.78 is 3.43.